The molecule has 35 heavy (non-hydrogen) atoms. The summed E-state index contributed by atoms with van der Waals surface area (Å²) in [5.74, 6) is 1.17. The number of carbonyl (C=O) groups excluding carboxylic acids is 1. The molecular weight excluding hydrogens is 454 g/mol. The summed E-state index contributed by atoms with van der Waals surface area (Å²) in [5.41, 5.74) is 7.91. The lowest BCUT2D eigenvalue weighted by Gasteiger charge is -2.24. The molecule has 1 aliphatic carbocycles. The molecule has 174 valence electrons. The molecule has 1 heterocycles. The lowest BCUT2D eigenvalue weighted by Crippen LogP contribution is -2.20. The van der Waals surface area contributed by atoms with Crippen molar-refractivity contribution in [3.63, 3.8) is 0 Å². The maximum atomic E-state index is 13.4. The number of alkyl halides is 1. The number of anilines is 1. The highest BCUT2D eigenvalue weighted by molar-refractivity contribution is 6.18. The van der Waals surface area contributed by atoms with Crippen molar-refractivity contribution in [2.75, 3.05) is 18.3 Å². The number of fused-ring (bicyclic) bond motifs is 3. The smallest absolute Gasteiger partial charge is 0.232 e. The van der Waals surface area contributed by atoms with Gasteiger partial charge in [-0.3, -0.25) is 4.79 Å². The molecule has 0 saturated carbocycles. The van der Waals surface area contributed by atoms with E-state index in [0.717, 1.165) is 34.5 Å². The Morgan fingerprint density at radius 3 is 2.60 bits per heavy atom. The first-order valence-corrected chi connectivity index (χ1v) is 12.5. The van der Waals surface area contributed by atoms with E-state index in [9.17, 15) is 4.79 Å². The number of hydrogen-bond acceptors (Lipinski definition) is 2. The Balaban J connectivity index is 1.48. The molecule has 1 aliphatic heterocycles. The minimum Gasteiger partial charge on any atom is -0.496 e. The fraction of sp³-hybridized carbons (Fsp3) is 0.194. The van der Waals surface area contributed by atoms with E-state index in [-0.39, 0.29) is 17.7 Å². The maximum Gasteiger partial charge on any atom is 0.232 e. The third-order valence-corrected chi connectivity index (χ3v) is 7.57. The van der Waals surface area contributed by atoms with Crippen LogP contribution in [0.5, 0.6) is 5.75 Å². The molecule has 0 radical (unpaired) electrons. The van der Waals surface area contributed by atoms with E-state index < -0.39 is 0 Å². The van der Waals surface area contributed by atoms with Gasteiger partial charge in [0.25, 0.3) is 0 Å². The van der Waals surface area contributed by atoms with E-state index in [4.69, 9.17) is 16.3 Å². The summed E-state index contributed by atoms with van der Waals surface area (Å²) in [4.78, 5) is 13.4. The number of ether oxygens (including phenoxy) is 1. The molecule has 4 aromatic rings. The van der Waals surface area contributed by atoms with Gasteiger partial charge in [0.15, 0.2) is 0 Å². The van der Waals surface area contributed by atoms with Gasteiger partial charge in [-0.05, 0) is 58.0 Å². The molecule has 4 heteroatoms. The SMILES string of the molecule is COc1ccc2ccccc2c1CC1=Cc2ccccc2C1C1C(=O)Nc2ccc(CCCl)cc21. The predicted molar refractivity (Wildman–Crippen MR) is 144 cm³/mol. The van der Waals surface area contributed by atoms with Crippen molar-refractivity contribution in [2.24, 2.45) is 0 Å². The highest BCUT2D eigenvalue weighted by atomic mass is 35.5. The summed E-state index contributed by atoms with van der Waals surface area (Å²) in [5, 5.41) is 5.51. The first-order chi connectivity index (χ1) is 17.2. The van der Waals surface area contributed by atoms with Gasteiger partial charge in [-0.1, -0.05) is 78.4 Å². The van der Waals surface area contributed by atoms with Crippen LogP contribution in [-0.4, -0.2) is 18.9 Å². The Hall–Kier alpha value is -3.56. The van der Waals surface area contributed by atoms with Crippen molar-refractivity contribution in [3.05, 3.63) is 112 Å². The molecule has 0 fully saturated rings. The summed E-state index contributed by atoms with van der Waals surface area (Å²) in [6.45, 7) is 0. The molecule has 0 aromatic heterocycles. The van der Waals surface area contributed by atoms with Crippen LogP contribution >= 0.6 is 11.6 Å². The maximum absolute atomic E-state index is 13.4. The normalized spacial score (nSPS) is 18.2. The molecule has 2 aliphatic rings. The van der Waals surface area contributed by atoms with Crippen LogP contribution < -0.4 is 10.1 Å². The largest absolute Gasteiger partial charge is 0.496 e. The Kier molecular flexibility index (Phi) is 5.58. The number of amides is 1. The van der Waals surface area contributed by atoms with Crippen LogP contribution in [-0.2, 0) is 17.6 Å². The summed E-state index contributed by atoms with van der Waals surface area (Å²) < 4.78 is 5.80. The van der Waals surface area contributed by atoms with E-state index in [0.29, 0.717) is 12.3 Å². The molecule has 3 nitrogen and oxygen atoms in total. The van der Waals surface area contributed by atoms with Crippen LogP contribution in [0.2, 0.25) is 0 Å². The quantitative estimate of drug-likeness (QED) is 0.300. The fourth-order valence-corrected chi connectivity index (χ4v) is 6.01. The van der Waals surface area contributed by atoms with E-state index in [2.05, 4.69) is 78.1 Å². The minimum absolute atomic E-state index is 0.0395. The Morgan fingerprint density at radius 1 is 0.914 bits per heavy atom. The van der Waals surface area contributed by atoms with Crippen LogP contribution in [0, 0.1) is 0 Å². The molecule has 2 atom stereocenters. The molecular formula is C31H26ClNO2. The number of allylic oxidation sites excluding steroid dienone is 1. The Bertz CT molecular complexity index is 1490. The lowest BCUT2D eigenvalue weighted by atomic mass is 9.77. The van der Waals surface area contributed by atoms with E-state index in [1.54, 1.807) is 7.11 Å². The zero-order chi connectivity index (χ0) is 23.9. The third-order valence-electron chi connectivity index (χ3n) is 7.38. The van der Waals surface area contributed by atoms with Crippen LogP contribution in [0.4, 0.5) is 5.69 Å². The van der Waals surface area contributed by atoms with Crippen LogP contribution in [0.25, 0.3) is 16.8 Å². The molecule has 0 bridgehead atoms. The van der Waals surface area contributed by atoms with Crippen molar-refractivity contribution < 1.29 is 9.53 Å². The van der Waals surface area contributed by atoms with Crippen molar-refractivity contribution in [2.45, 2.75) is 24.7 Å². The number of hydrogen-bond donors (Lipinski definition) is 1. The van der Waals surface area contributed by atoms with Gasteiger partial charge in [0.1, 0.15) is 5.75 Å². The fourth-order valence-electron chi connectivity index (χ4n) is 5.79. The van der Waals surface area contributed by atoms with E-state index >= 15 is 0 Å². The van der Waals surface area contributed by atoms with Gasteiger partial charge in [0.05, 0.1) is 13.0 Å². The van der Waals surface area contributed by atoms with Gasteiger partial charge >= 0.3 is 0 Å². The minimum atomic E-state index is -0.281. The third kappa shape index (κ3) is 3.71. The number of nitrogens with one attached hydrogen (secondary N) is 1. The van der Waals surface area contributed by atoms with Crippen LogP contribution in [0.3, 0.4) is 0 Å². The molecule has 6 rings (SSSR count). The van der Waals surface area contributed by atoms with Gasteiger partial charge in [0, 0.05) is 23.0 Å². The Morgan fingerprint density at radius 2 is 1.74 bits per heavy atom. The highest BCUT2D eigenvalue weighted by Gasteiger charge is 2.42. The second-order valence-corrected chi connectivity index (χ2v) is 9.68. The number of benzene rings is 4. The van der Waals surface area contributed by atoms with Gasteiger partial charge in [-0.2, -0.15) is 0 Å². The Labute approximate surface area is 210 Å². The molecule has 1 N–H and O–H groups in total. The standard InChI is InChI=1S/C31H26ClNO2/c1-35-28-13-11-20-6-2-4-8-23(20)25(28)18-22-17-21-7-3-5-9-24(21)29(22)30-26-16-19(14-15-32)10-12-27(26)33-31(30)34/h2-13,16-17,29-30H,14-15,18H2,1H3,(H,33,34). The lowest BCUT2D eigenvalue weighted by molar-refractivity contribution is -0.117. The second kappa shape index (κ2) is 8.90. The summed E-state index contributed by atoms with van der Waals surface area (Å²) in [6, 6.07) is 27.3. The summed E-state index contributed by atoms with van der Waals surface area (Å²) in [7, 11) is 1.72. The average molecular weight is 480 g/mol. The summed E-state index contributed by atoms with van der Waals surface area (Å²) >= 11 is 6.03. The van der Waals surface area contributed by atoms with Gasteiger partial charge < -0.3 is 10.1 Å². The number of methoxy groups -OCH3 is 1. The van der Waals surface area contributed by atoms with Crippen molar-refractivity contribution in [1.29, 1.82) is 0 Å². The average Bonchev–Trinajstić information content (AvgIpc) is 3.39. The van der Waals surface area contributed by atoms with Gasteiger partial charge in [-0.15, -0.1) is 11.6 Å². The molecule has 0 saturated heterocycles. The van der Waals surface area contributed by atoms with Gasteiger partial charge in [-0.25, -0.2) is 0 Å². The van der Waals surface area contributed by atoms with E-state index in [1.165, 1.54) is 27.5 Å². The zero-order valence-electron chi connectivity index (χ0n) is 19.6. The number of rotatable bonds is 6. The predicted octanol–water partition coefficient (Wildman–Crippen LogP) is 7.09. The van der Waals surface area contributed by atoms with Crippen molar-refractivity contribution in [3.8, 4) is 5.75 Å². The summed E-state index contributed by atoms with van der Waals surface area (Å²) in [6.07, 6.45) is 3.77. The van der Waals surface area contributed by atoms with Crippen molar-refractivity contribution >= 4 is 40.0 Å². The highest BCUT2D eigenvalue weighted by Crippen LogP contribution is 2.51. The number of carbonyl (C=O) groups is 1. The zero-order valence-corrected chi connectivity index (χ0v) is 20.3. The molecule has 1 amide bonds. The first-order valence-electron chi connectivity index (χ1n) is 12.0. The first kappa shape index (κ1) is 21.9. The monoisotopic (exact) mass is 479 g/mol. The topological polar surface area (TPSA) is 38.3 Å². The van der Waals surface area contributed by atoms with Crippen LogP contribution in [0.15, 0.2) is 84.4 Å². The number of aryl methyl sites for hydroxylation is 1. The molecule has 4 aromatic carbocycles. The number of halogens is 1. The van der Waals surface area contributed by atoms with Crippen LogP contribution in [0.1, 0.15) is 39.7 Å². The molecule has 2 unspecified atom stereocenters. The molecule has 0 spiro atoms. The van der Waals surface area contributed by atoms with E-state index in [1.807, 2.05) is 12.1 Å². The van der Waals surface area contributed by atoms with Crippen molar-refractivity contribution in [1.82, 2.24) is 0 Å². The second-order valence-electron chi connectivity index (χ2n) is 9.30. The van der Waals surface area contributed by atoms with Gasteiger partial charge in [0.2, 0.25) is 5.91 Å².